The first kappa shape index (κ1) is 16.1. The summed E-state index contributed by atoms with van der Waals surface area (Å²) in [5.74, 6) is 1.15. The molecule has 0 aliphatic carbocycles. The number of likely N-dealkylation sites (N-methyl/N-ethyl adjacent to an activating group) is 1. The van der Waals surface area contributed by atoms with E-state index in [-0.39, 0.29) is 11.8 Å². The zero-order valence-corrected chi connectivity index (χ0v) is 14.2. The number of thiophene rings is 1. The Morgan fingerprint density at radius 3 is 3.22 bits per heavy atom. The minimum atomic E-state index is 0.0361. The Kier molecular flexibility index (Phi) is 5.40. The molecule has 1 aliphatic heterocycles. The van der Waals surface area contributed by atoms with Crippen LogP contribution in [0.15, 0.2) is 17.8 Å². The Bertz CT molecular complexity index is 659. The van der Waals surface area contributed by atoms with E-state index in [1.807, 2.05) is 5.38 Å². The van der Waals surface area contributed by atoms with Crippen molar-refractivity contribution in [3.63, 3.8) is 0 Å². The van der Waals surface area contributed by atoms with Crippen molar-refractivity contribution in [3.8, 4) is 0 Å². The average Bonchev–Trinajstić information content (AvgIpc) is 3.07. The number of hydrogen-bond donors (Lipinski definition) is 2. The number of hydrogen-bond acceptors (Lipinski definition) is 6. The Morgan fingerprint density at radius 1 is 1.43 bits per heavy atom. The molecule has 1 fully saturated rings. The number of amides is 1. The fourth-order valence-electron chi connectivity index (χ4n) is 3.01. The third kappa shape index (κ3) is 3.79. The third-order valence-corrected chi connectivity index (χ3v) is 5.00. The fraction of sp³-hybridized carbons (Fsp3) is 0.562. The number of piperidine rings is 1. The molecular weight excluding hydrogens is 310 g/mol. The van der Waals surface area contributed by atoms with E-state index < -0.39 is 0 Å². The highest BCUT2D eigenvalue weighted by Crippen LogP contribution is 2.29. The van der Waals surface area contributed by atoms with Gasteiger partial charge >= 0.3 is 0 Å². The van der Waals surface area contributed by atoms with Gasteiger partial charge < -0.3 is 15.5 Å². The second-order valence-electron chi connectivity index (χ2n) is 5.77. The summed E-state index contributed by atoms with van der Waals surface area (Å²) in [6.45, 7) is 6.18. The van der Waals surface area contributed by atoms with Gasteiger partial charge in [-0.1, -0.05) is 6.92 Å². The molecule has 0 spiro atoms. The molecular formula is C16H23N5OS. The Morgan fingerprint density at radius 2 is 2.35 bits per heavy atom. The van der Waals surface area contributed by atoms with Crippen LogP contribution in [0.25, 0.3) is 10.2 Å². The first-order valence-electron chi connectivity index (χ1n) is 8.21. The number of nitrogens with zero attached hydrogens (tertiary/aromatic N) is 3. The molecule has 2 N–H and O–H groups in total. The summed E-state index contributed by atoms with van der Waals surface area (Å²) in [5.41, 5.74) is 0. The Balaban J connectivity index is 1.64. The first-order valence-corrected chi connectivity index (χ1v) is 9.09. The van der Waals surface area contributed by atoms with Crippen molar-refractivity contribution in [1.29, 1.82) is 0 Å². The topological polar surface area (TPSA) is 70.2 Å². The summed E-state index contributed by atoms with van der Waals surface area (Å²) in [5, 5.41) is 9.38. The summed E-state index contributed by atoms with van der Waals surface area (Å²) in [4.78, 5) is 24.4. The minimum absolute atomic E-state index is 0.0361. The molecule has 1 unspecified atom stereocenters. The van der Waals surface area contributed by atoms with Crippen molar-refractivity contribution in [2.45, 2.75) is 19.8 Å². The van der Waals surface area contributed by atoms with Crippen LogP contribution in [-0.4, -0.2) is 48.6 Å². The Hall–Kier alpha value is -1.73. The van der Waals surface area contributed by atoms with Gasteiger partial charge in [-0.25, -0.2) is 9.97 Å². The SMILES string of the molecule is CCNCCNC(=O)C1CCCN(c2ncnc3sccc23)C1. The molecule has 0 radical (unpaired) electrons. The highest BCUT2D eigenvalue weighted by molar-refractivity contribution is 7.16. The van der Waals surface area contributed by atoms with Crippen LogP contribution in [-0.2, 0) is 4.79 Å². The van der Waals surface area contributed by atoms with Gasteiger partial charge in [0.15, 0.2) is 0 Å². The zero-order chi connectivity index (χ0) is 16.1. The van der Waals surface area contributed by atoms with E-state index in [2.05, 4.69) is 38.5 Å². The molecule has 0 bridgehead atoms. The molecule has 3 rings (SSSR count). The average molecular weight is 333 g/mol. The smallest absolute Gasteiger partial charge is 0.224 e. The number of rotatable bonds is 6. The van der Waals surface area contributed by atoms with E-state index in [4.69, 9.17) is 0 Å². The molecule has 0 aromatic carbocycles. The molecule has 2 aromatic heterocycles. The fourth-order valence-corrected chi connectivity index (χ4v) is 3.74. The molecule has 6 nitrogen and oxygen atoms in total. The van der Waals surface area contributed by atoms with E-state index >= 15 is 0 Å². The van der Waals surface area contributed by atoms with Crippen LogP contribution < -0.4 is 15.5 Å². The van der Waals surface area contributed by atoms with Crippen LogP contribution in [0.4, 0.5) is 5.82 Å². The summed E-state index contributed by atoms with van der Waals surface area (Å²) in [6, 6.07) is 2.06. The Labute approximate surface area is 140 Å². The maximum absolute atomic E-state index is 12.4. The van der Waals surface area contributed by atoms with E-state index in [9.17, 15) is 4.79 Å². The van der Waals surface area contributed by atoms with E-state index in [0.717, 1.165) is 55.1 Å². The van der Waals surface area contributed by atoms with Crippen LogP contribution >= 0.6 is 11.3 Å². The van der Waals surface area contributed by atoms with Crippen LogP contribution in [0.5, 0.6) is 0 Å². The molecule has 3 heterocycles. The van der Waals surface area contributed by atoms with Gasteiger partial charge in [-0.15, -0.1) is 11.3 Å². The molecule has 1 amide bonds. The standard InChI is InChI=1S/C16H23N5OS/c1-2-17-6-7-18-15(22)12-4-3-8-21(10-12)14-13-5-9-23-16(13)20-11-19-14/h5,9,11-12,17H,2-4,6-8,10H2,1H3,(H,18,22). The largest absolute Gasteiger partial charge is 0.355 e. The monoisotopic (exact) mass is 333 g/mol. The highest BCUT2D eigenvalue weighted by Gasteiger charge is 2.27. The van der Waals surface area contributed by atoms with Crippen molar-refractivity contribution >= 4 is 33.3 Å². The minimum Gasteiger partial charge on any atom is -0.355 e. The normalized spacial score (nSPS) is 18.3. The third-order valence-electron chi connectivity index (χ3n) is 4.18. The van der Waals surface area contributed by atoms with Gasteiger partial charge in [-0.3, -0.25) is 4.79 Å². The first-order chi connectivity index (χ1) is 11.3. The van der Waals surface area contributed by atoms with Gasteiger partial charge in [-0.2, -0.15) is 0 Å². The lowest BCUT2D eigenvalue weighted by atomic mass is 9.97. The lowest BCUT2D eigenvalue weighted by molar-refractivity contribution is -0.125. The van der Waals surface area contributed by atoms with Gasteiger partial charge in [-0.05, 0) is 30.8 Å². The van der Waals surface area contributed by atoms with E-state index in [1.54, 1.807) is 17.7 Å². The molecule has 0 saturated carbocycles. The van der Waals surface area contributed by atoms with Gasteiger partial charge in [0, 0.05) is 26.2 Å². The lowest BCUT2D eigenvalue weighted by Gasteiger charge is -2.33. The molecule has 23 heavy (non-hydrogen) atoms. The van der Waals surface area contributed by atoms with Crippen molar-refractivity contribution in [3.05, 3.63) is 17.8 Å². The van der Waals surface area contributed by atoms with Gasteiger partial charge in [0.2, 0.25) is 5.91 Å². The number of carbonyl (C=O) groups is 1. The molecule has 1 saturated heterocycles. The van der Waals surface area contributed by atoms with Crippen molar-refractivity contribution in [2.24, 2.45) is 5.92 Å². The maximum atomic E-state index is 12.4. The number of nitrogens with one attached hydrogen (secondary N) is 2. The summed E-state index contributed by atoms with van der Waals surface area (Å²) < 4.78 is 0. The number of carbonyl (C=O) groups excluding carboxylic acids is 1. The number of aromatic nitrogens is 2. The van der Waals surface area contributed by atoms with Crippen LogP contribution in [0.3, 0.4) is 0 Å². The number of fused-ring (bicyclic) bond motifs is 1. The second kappa shape index (κ2) is 7.70. The van der Waals surface area contributed by atoms with E-state index in [0.29, 0.717) is 6.54 Å². The van der Waals surface area contributed by atoms with Crippen LogP contribution in [0.1, 0.15) is 19.8 Å². The zero-order valence-electron chi connectivity index (χ0n) is 13.4. The van der Waals surface area contributed by atoms with Crippen molar-refractivity contribution < 1.29 is 4.79 Å². The van der Waals surface area contributed by atoms with Crippen LogP contribution in [0.2, 0.25) is 0 Å². The lowest BCUT2D eigenvalue weighted by Crippen LogP contribution is -2.44. The molecule has 1 atom stereocenters. The van der Waals surface area contributed by atoms with Gasteiger partial charge in [0.25, 0.3) is 0 Å². The quantitative estimate of drug-likeness (QED) is 0.787. The summed E-state index contributed by atoms with van der Waals surface area (Å²) in [7, 11) is 0. The van der Waals surface area contributed by atoms with Crippen molar-refractivity contribution in [2.75, 3.05) is 37.6 Å². The number of anilines is 1. The predicted molar refractivity (Wildman–Crippen MR) is 93.9 cm³/mol. The van der Waals surface area contributed by atoms with Crippen LogP contribution in [0, 0.1) is 5.92 Å². The van der Waals surface area contributed by atoms with Gasteiger partial charge in [0.1, 0.15) is 17.0 Å². The summed E-state index contributed by atoms with van der Waals surface area (Å²) in [6.07, 6.45) is 3.58. The van der Waals surface area contributed by atoms with Gasteiger partial charge in [0.05, 0.1) is 11.3 Å². The summed E-state index contributed by atoms with van der Waals surface area (Å²) >= 11 is 1.62. The molecule has 7 heteroatoms. The maximum Gasteiger partial charge on any atom is 0.224 e. The molecule has 1 aliphatic rings. The van der Waals surface area contributed by atoms with E-state index in [1.165, 1.54) is 0 Å². The molecule has 124 valence electrons. The predicted octanol–water partition coefficient (Wildman–Crippen LogP) is 1.63. The second-order valence-corrected chi connectivity index (χ2v) is 6.66. The highest BCUT2D eigenvalue weighted by atomic mass is 32.1. The van der Waals surface area contributed by atoms with Crippen molar-refractivity contribution in [1.82, 2.24) is 20.6 Å². The molecule has 2 aromatic rings.